The molecule has 1 amide bonds. The molecule has 6 heteroatoms. The summed E-state index contributed by atoms with van der Waals surface area (Å²) < 4.78 is 9.63. The van der Waals surface area contributed by atoms with Crippen LogP contribution in [0.3, 0.4) is 0 Å². The van der Waals surface area contributed by atoms with Crippen molar-refractivity contribution in [3.05, 3.63) is 35.4 Å². The van der Waals surface area contributed by atoms with Crippen molar-refractivity contribution in [3.63, 3.8) is 0 Å². The molecule has 1 aromatic rings. The maximum atomic E-state index is 11.6. The number of methoxy groups -OCH3 is 1. The van der Waals surface area contributed by atoms with Crippen molar-refractivity contribution in [2.24, 2.45) is 0 Å². The van der Waals surface area contributed by atoms with Gasteiger partial charge in [-0.15, -0.1) is 0 Å². The Morgan fingerprint density at radius 3 is 2.48 bits per heavy atom. The highest BCUT2D eigenvalue weighted by atomic mass is 16.6. The van der Waals surface area contributed by atoms with Crippen LogP contribution in [0.4, 0.5) is 5.69 Å². The highest BCUT2D eigenvalue weighted by Crippen LogP contribution is 2.13. The van der Waals surface area contributed by atoms with Crippen molar-refractivity contribution in [1.82, 2.24) is 0 Å². The first-order valence-electron chi connectivity index (χ1n) is 6.22. The molecule has 0 heterocycles. The van der Waals surface area contributed by atoms with Gasteiger partial charge in [-0.2, -0.15) is 5.26 Å². The van der Waals surface area contributed by atoms with Gasteiger partial charge in [-0.05, 0) is 23.8 Å². The van der Waals surface area contributed by atoms with Gasteiger partial charge < -0.3 is 14.8 Å². The van der Waals surface area contributed by atoms with Crippen LogP contribution in [0, 0.1) is 11.3 Å². The largest absolute Gasteiger partial charge is 0.459 e. The van der Waals surface area contributed by atoms with Crippen molar-refractivity contribution in [2.75, 3.05) is 25.6 Å². The number of hydrogen-bond donors (Lipinski definition) is 1. The Kier molecular flexibility index (Phi) is 6.65. The van der Waals surface area contributed by atoms with E-state index >= 15 is 0 Å². The summed E-state index contributed by atoms with van der Waals surface area (Å²) in [6.07, 6.45) is 1.42. The van der Waals surface area contributed by atoms with Crippen LogP contribution >= 0.6 is 0 Å². The molecule has 1 rings (SSSR count). The van der Waals surface area contributed by atoms with Gasteiger partial charge in [-0.1, -0.05) is 12.1 Å². The van der Waals surface area contributed by atoms with Gasteiger partial charge in [0.05, 0.1) is 6.61 Å². The second-order valence-corrected chi connectivity index (χ2v) is 4.10. The standard InChI is InChI=1S/C15H16N2O4/c1-11(18)17-14-5-3-12(4-6-14)9-13(10-16)15(19)21-8-7-20-2/h3-6,9H,7-8H2,1-2H3,(H,17,18)/b13-9-. The first kappa shape index (κ1) is 16.4. The van der Waals surface area contributed by atoms with E-state index in [0.29, 0.717) is 11.3 Å². The highest BCUT2D eigenvalue weighted by molar-refractivity contribution is 5.98. The fraction of sp³-hybridized carbons (Fsp3) is 0.267. The van der Waals surface area contributed by atoms with E-state index in [9.17, 15) is 9.59 Å². The van der Waals surface area contributed by atoms with Crippen LogP contribution in [0.1, 0.15) is 12.5 Å². The lowest BCUT2D eigenvalue weighted by Crippen LogP contribution is -2.11. The van der Waals surface area contributed by atoms with Gasteiger partial charge >= 0.3 is 5.97 Å². The van der Waals surface area contributed by atoms with E-state index < -0.39 is 5.97 Å². The molecule has 1 N–H and O–H groups in total. The van der Waals surface area contributed by atoms with Crippen molar-refractivity contribution < 1.29 is 19.1 Å². The minimum absolute atomic E-state index is 0.0931. The fourth-order valence-corrected chi connectivity index (χ4v) is 1.46. The number of nitriles is 1. The second-order valence-electron chi connectivity index (χ2n) is 4.10. The van der Waals surface area contributed by atoms with Crippen molar-refractivity contribution in [2.45, 2.75) is 6.92 Å². The van der Waals surface area contributed by atoms with Crippen LogP contribution < -0.4 is 5.32 Å². The number of amides is 1. The van der Waals surface area contributed by atoms with Crippen LogP contribution in [0.25, 0.3) is 6.08 Å². The first-order valence-corrected chi connectivity index (χ1v) is 6.22. The summed E-state index contributed by atoms with van der Waals surface area (Å²) in [5, 5.41) is 11.6. The number of benzene rings is 1. The van der Waals surface area contributed by atoms with Crippen LogP contribution in [-0.2, 0) is 19.1 Å². The van der Waals surface area contributed by atoms with E-state index in [4.69, 9.17) is 14.7 Å². The Morgan fingerprint density at radius 2 is 1.95 bits per heavy atom. The predicted molar refractivity (Wildman–Crippen MR) is 77.2 cm³/mol. The number of anilines is 1. The maximum Gasteiger partial charge on any atom is 0.348 e. The summed E-state index contributed by atoms with van der Waals surface area (Å²) in [5.74, 6) is -0.863. The molecule has 0 unspecified atom stereocenters. The lowest BCUT2D eigenvalue weighted by Gasteiger charge is -2.04. The van der Waals surface area contributed by atoms with Gasteiger partial charge in [0.2, 0.25) is 5.91 Å². The average Bonchev–Trinajstić information content (AvgIpc) is 2.46. The van der Waals surface area contributed by atoms with Crippen LogP contribution in [0.2, 0.25) is 0 Å². The SMILES string of the molecule is COCCOC(=O)/C(C#N)=C\c1ccc(NC(C)=O)cc1. The molecule has 0 saturated heterocycles. The molecule has 21 heavy (non-hydrogen) atoms. The molecule has 1 aromatic carbocycles. The summed E-state index contributed by atoms with van der Waals surface area (Å²) in [7, 11) is 1.49. The van der Waals surface area contributed by atoms with E-state index in [0.717, 1.165) is 0 Å². The third-order valence-corrected chi connectivity index (χ3v) is 2.40. The molecule has 0 aliphatic carbocycles. The van der Waals surface area contributed by atoms with Gasteiger partial charge in [0.15, 0.2) is 0 Å². The van der Waals surface area contributed by atoms with E-state index in [1.807, 2.05) is 0 Å². The Morgan fingerprint density at radius 1 is 1.29 bits per heavy atom. The van der Waals surface area contributed by atoms with Gasteiger partial charge in [-0.3, -0.25) is 4.79 Å². The van der Waals surface area contributed by atoms with Crippen molar-refractivity contribution in [3.8, 4) is 6.07 Å². The molecule has 0 saturated carbocycles. The highest BCUT2D eigenvalue weighted by Gasteiger charge is 2.10. The number of carbonyl (C=O) groups is 2. The average molecular weight is 288 g/mol. The molecule has 0 aliphatic heterocycles. The molecular formula is C15H16N2O4. The van der Waals surface area contributed by atoms with E-state index in [2.05, 4.69) is 5.32 Å². The number of rotatable bonds is 6. The Labute approximate surface area is 123 Å². The van der Waals surface area contributed by atoms with Gasteiger partial charge in [0.1, 0.15) is 18.2 Å². The number of carbonyl (C=O) groups excluding carboxylic acids is 2. The van der Waals surface area contributed by atoms with Crippen LogP contribution in [-0.4, -0.2) is 32.2 Å². The Hall–Kier alpha value is -2.65. The van der Waals surface area contributed by atoms with Gasteiger partial charge in [0.25, 0.3) is 0 Å². The number of esters is 1. The molecule has 0 fully saturated rings. The van der Waals surface area contributed by atoms with Crippen molar-refractivity contribution in [1.29, 1.82) is 5.26 Å². The summed E-state index contributed by atoms with van der Waals surface area (Å²) in [4.78, 5) is 22.5. The fourth-order valence-electron chi connectivity index (χ4n) is 1.46. The van der Waals surface area contributed by atoms with Crippen molar-refractivity contribution >= 4 is 23.6 Å². The molecule has 0 aromatic heterocycles. The summed E-state index contributed by atoms with van der Waals surface area (Å²) in [6.45, 7) is 1.78. The van der Waals surface area contributed by atoms with Gasteiger partial charge in [0, 0.05) is 19.7 Å². The number of nitrogens with zero attached hydrogens (tertiary/aromatic N) is 1. The zero-order chi connectivity index (χ0) is 15.7. The summed E-state index contributed by atoms with van der Waals surface area (Å²) in [6, 6.07) is 8.53. The molecule has 6 nitrogen and oxygen atoms in total. The zero-order valence-corrected chi connectivity index (χ0v) is 11.9. The smallest absolute Gasteiger partial charge is 0.348 e. The minimum atomic E-state index is -0.694. The van der Waals surface area contributed by atoms with E-state index in [1.165, 1.54) is 20.1 Å². The minimum Gasteiger partial charge on any atom is -0.459 e. The topological polar surface area (TPSA) is 88.4 Å². The molecule has 0 atom stereocenters. The first-order chi connectivity index (χ1) is 10.1. The maximum absolute atomic E-state index is 11.6. The number of nitrogens with one attached hydrogen (secondary N) is 1. The monoisotopic (exact) mass is 288 g/mol. The third-order valence-electron chi connectivity index (χ3n) is 2.40. The van der Waals surface area contributed by atoms with E-state index in [1.54, 1.807) is 30.3 Å². The lowest BCUT2D eigenvalue weighted by atomic mass is 10.1. The normalized spacial score (nSPS) is 10.6. The molecule has 110 valence electrons. The Bertz CT molecular complexity index is 570. The second kappa shape index (κ2) is 8.51. The summed E-state index contributed by atoms with van der Waals surface area (Å²) in [5.41, 5.74) is 1.20. The van der Waals surface area contributed by atoms with Crippen LogP contribution in [0.5, 0.6) is 0 Å². The third kappa shape index (κ3) is 5.89. The Balaban J connectivity index is 2.76. The number of hydrogen-bond acceptors (Lipinski definition) is 5. The van der Waals surface area contributed by atoms with Crippen LogP contribution in [0.15, 0.2) is 29.8 Å². The van der Waals surface area contributed by atoms with E-state index in [-0.39, 0.29) is 24.7 Å². The zero-order valence-electron chi connectivity index (χ0n) is 11.9. The number of ether oxygens (including phenoxy) is 2. The molecule has 0 bridgehead atoms. The molecular weight excluding hydrogens is 272 g/mol. The quantitative estimate of drug-likeness (QED) is 0.373. The lowest BCUT2D eigenvalue weighted by molar-refractivity contribution is -0.139. The van der Waals surface area contributed by atoms with Gasteiger partial charge in [-0.25, -0.2) is 4.79 Å². The summed E-state index contributed by atoms with van der Waals surface area (Å²) >= 11 is 0. The predicted octanol–water partition coefficient (Wildman–Crippen LogP) is 1.74. The molecule has 0 radical (unpaired) electrons. The molecule has 0 spiro atoms. The molecule has 0 aliphatic rings.